The van der Waals surface area contributed by atoms with Crippen molar-refractivity contribution in [2.45, 2.75) is 97.7 Å². The van der Waals surface area contributed by atoms with Crippen molar-refractivity contribution in [1.29, 1.82) is 0 Å². The van der Waals surface area contributed by atoms with Crippen LogP contribution in [0.4, 0.5) is 0 Å². The smallest absolute Gasteiger partial charge is 1.00 e. The van der Waals surface area contributed by atoms with E-state index in [9.17, 15) is 30.5 Å². The molecule has 0 aromatic rings. The van der Waals surface area contributed by atoms with E-state index in [1.807, 2.05) is 20.3 Å². The summed E-state index contributed by atoms with van der Waals surface area (Å²) in [5, 5.41) is -0.815. The third-order valence-electron chi connectivity index (χ3n) is 1.56. The molecule has 34 heavy (non-hydrogen) atoms. The van der Waals surface area contributed by atoms with E-state index in [0.717, 1.165) is 0 Å². The minimum absolute atomic E-state index is 0. The van der Waals surface area contributed by atoms with Gasteiger partial charge in [0.25, 0.3) is 0 Å². The Hall–Kier alpha value is 4.10. The monoisotopic (exact) mass is 682 g/mol. The summed E-state index contributed by atoms with van der Waals surface area (Å²) in [6.45, 7) is 17.1. The Kier molecular flexibility index (Phi) is 129. The van der Waals surface area contributed by atoms with E-state index in [2.05, 4.69) is 0 Å². The fraction of sp³-hybridized carbons (Fsp3) is 0.938. The molecule has 4 unspecified atom stereocenters. The van der Waals surface area contributed by atoms with Crippen molar-refractivity contribution in [3.05, 3.63) is 6.42 Å². The van der Waals surface area contributed by atoms with Crippen LogP contribution in [0.1, 0.15) is 76.7 Å². The van der Waals surface area contributed by atoms with Gasteiger partial charge in [-0.2, -0.15) is 13.8 Å². The van der Waals surface area contributed by atoms with Crippen molar-refractivity contribution in [2.75, 3.05) is 0 Å². The van der Waals surface area contributed by atoms with Gasteiger partial charge in [0.1, 0.15) is 0 Å². The minimum atomic E-state index is -1.87. The molecule has 18 heteroatoms. The van der Waals surface area contributed by atoms with Crippen LogP contribution in [0, 0.1) is 6.42 Å². The average Bonchev–Trinajstić information content (AvgIpc) is 2.49. The molecule has 0 fully saturated rings. The summed E-state index contributed by atoms with van der Waals surface area (Å²) in [6.07, 6.45) is 2.00. The van der Waals surface area contributed by atoms with Gasteiger partial charge in [-0.15, -0.1) is 12.4 Å². The molecule has 0 saturated heterocycles. The fourth-order valence-electron chi connectivity index (χ4n) is 0. The van der Waals surface area contributed by atoms with E-state index in [0.29, 0.717) is 0 Å². The Labute approximate surface area is 300 Å². The first-order chi connectivity index (χ1) is 12.0. The van der Waals surface area contributed by atoms with Crippen LogP contribution in [0.3, 0.4) is 0 Å². The van der Waals surface area contributed by atoms with Gasteiger partial charge in [0.15, 0.2) is 11.1 Å². The first-order valence-corrected chi connectivity index (χ1v) is 12.6. The van der Waals surface area contributed by atoms with Crippen molar-refractivity contribution in [3.8, 4) is 0 Å². The second-order valence-electron chi connectivity index (χ2n) is 5.83. The van der Waals surface area contributed by atoms with Gasteiger partial charge in [0, 0.05) is 15.7 Å². The minimum Gasteiger partial charge on any atom is -1.00 e. The Bertz CT molecular complexity index is 360. The van der Waals surface area contributed by atoms with Crippen molar-refractivity contribution in [3.63, 3.8) is 0 Å². The molecule has 0 spiro atoms. The van der Waals surface area contributed by atoms with Crippen LogP contribution in [0.2, 0.25) is 0 Å². The van der Waals surface area contributed by atoms with Gasteiger partial charge in [-0.3, -0.25) is 12.6 Å². The fourth-order valence-corrected chi connectivity index (χ4v) is 0. The molecule has 0 aliphatic rings. The van der Waals surface area contributed by atoms with E-state index >= 15 is 0 Å². The maximum Gasteiger partial charge on any atom is 2.00 e. The van der Waals surface area contributed by atoms with Gasteiger partial charge in [-0.05, 0) is 13.8 Å². The molecular formula is C16H41CaCl3Mg2O8S4. The Morgan fingerprint density at radius 1 is 0.618 bits per heavy atom. The molecular weight excluding hydrogens is 643 g/mol. The zero-order valence-corrected chi connectivity index (χ0v) is 31.7. The summed E-state index contributed by atoms with van der Waals surface area (Å²) in [4.78, 5) is 0. The number of halogens is 3. The molecule has 4 atom stereocenters. The molecule has 204 valence electrons. The Morgan fingerprint density at radius 2 is 0.676 bits per heavy atom. The number of hydrogen-bond donors (Lipinski definition) is 1. The molecule has 0 aliphatic carbocycles. The van der Waals surface area contributed by atoms with E-state index in [1.165, 1.54) is 0 Å². The average molecular weight is 685 g/mol. The van der Waals surface area contributed by atoms with Crippen LogP contribution in [-0.4, -0.2) is 140 Å². The first kappa shape index (κ1) is 77.0. The van der Waals surface area contributed by atoms with Crippen LogP contribution >= 0.6 is 12.4 Å². The van der Waals surface area contributed by atoms with Gasteiger partial charge in [-0.25, -0.2) is 4.21 Å². The van der Waals surface area contributed by atoms with Gasteiger partial charge >= 0.3 is 83.8 Å². The van der Waals surface area contributed by atoms with Crippen LogP contribution in [0.15, 0.2) is 0 Å². The molecule has 8 nitrogen and oxygen atoms in total. The predicted octanol–water partition coefficient (Wildman–Crippen LogP) is -3.41. The predicted molar refractivity (Wildman–Crippen MR) is 145 cm³/mol. The molecule has 0 radical (unpaired) electrons. The topological polar surface area (TPSA) is 158 Å². The summed E-state index contributed by atoms with van der Waals surface area (Å²) >= 11 is -7.22. The maximum absolute atomic E-state index is 9.81. The summed E-state index contributed by atoms with van der Waals surface area (Å²) in [6, 6.07) is 0. The van der Waals surface area contributed by atoms with Gasteiger partial charge in [0.2, 0.25) is 0 Å². The Balaban J connectivity index is -0.0000000171. The van der Waals surface area contributed by atoms with Gasteiger partial charge in [0.05, 0.1) is 5.25 Å². The summed E-state index contributed by atoms with van der Waals surface area (Å²) < 4.78 is 76.1. The van der Waals surface area contributed by atoms with Crippen molar-refractivity contribution in [2.24, 2.45) is 0 Å². The van der Waals surface area contributed by atoms with Crippen molar-refractivity contribution in [1.82, 2.24) is 0 Å². The SMILES string of the molecule is C.CC(C)S(=O)O.CC(C)S(=O)[O-].CC(C)S(=O)[O-].CC(C)S(=O)[O-].C[CH-]C.Cl.[Ca+2].[Cl-].[Cl-].[Mg+2].[Mg+2]. The second-order valence-corrected chi connectivity index (χ2v) is 11.7. The first-order valence-electron chi connectivity index (χ1n) is 8.07. The summed E-state index contributed by atoms with van der Waals surface area (Å²) in [5.74, 6) is 0. The largest absolute Gasteiger partial charge is 2.00 e. The third kappa shape index (κ3) is 110. The summed E-state index contributed by atoms with van der Waals surface area (Å²) in [7, 11) is 0. The molecule has 0 aromatic heterocycles. The van der Waals surface area contributed by atoms with E-state index in [1.54, 1.807) is 55.4 Å². The third-order valence-corrected chi connectivity index (χ3v) is 4.67. The van der Waals surface area contributed by atoms with E-state index in [-0.39, 0.29) is 149 Å². The quantitative estimate of drug-likeness (QED) is 0.182. The molecule has 0 rings (SSSR count). The van der Waals surface area contributed by atoms with Crippen LogP contribution in [-0.2, 0) is 44.3 Å². The molecule has 0 aliphatic heterocycles. The van der Waals surface area contributed by atoms with E-state index < -0.39 is 44.3 Å². The molecule has 0 amide bonds. The number of hydrogen-bond acceptors (Lipinski definition) is 7. The summed E-state index contributed by atoms with van der Waals surface area (Å²) in [5.41, 5.74) is 0. The molecule has 0 aromatic carbocycles. The molecule has 0 saturated carbocycles. The number of rotatable bonds is 4. The molecule has 1 N–H and O–H groups in total. The molecule has 0 heterocycles. The zero-order valence-electron chi connectivity index (χ0n) is 21.1. The Morgan fingerprint density at radius 3 is 0.676 bits per heavy atom. The maximum atomic E-state index is 9.81. The standard InChI is InChI=1S/4C3H8O2S.C3H7.CH4.Ca.3ClH.2Mg/c4*1-3(2)6(4)5;1-3-2;;;;;;;/h4*3H,1-2H3,(H,4,5);3H,1-2H3;1H4;;3*1H;;/q;;;;-1;;+2;;;;2*+2/p-5. The normalized spacial score (nSPS) is 11.4. The van der Waals surface area contributed by atoms with E-state index in [4.69, 9.17) is 4.55 Å². The second kappa shape index (κ2) is 57.1. The van der Waals surface area contributed by atoms with Crippen molar-refractivity contribution >= 4 is 141 Å². The van der Waals surface area contributed by atoms with Gasteiger partial charge in [-0.1, -0.05) is 82.2 Å². The van der Waals surface area contributed by atoms with Crippen LogP contribution < -0.4 is 24.8 Å². The molecule has 0 bridgehead atoms. The zero-order chi connectivity index (χ0) is 23.3. The van der Waals surface area contributed by atoms with Crippen molar-refractivity contribution < 1.29 is 59.9 Å². The van der Waals surface area contributed by atoms with Gasteiger partial charge < -0.3 is 49.4 Å². The van der Waals surface area contributed by atoms with Crippen LogP contribution in [0.5, 0.6) is 0 Å². The van der Waals surface area contributed by atoms with Crippen LogP contribution in [0.25, 0.3) is 0 Å².